The summed E-state index contributed by atoms with van der Waals surface area (Å²) in [6, 6.07) is 0. The zero-order valence-electron chi connectivity index (χ0n) is 5.89. The molecule has 0 saturated heterocycles. The average Bonchev–Trinajstić information content (AvgIpc) is 1.95. The van der Waals surface area contributed by atoms with Gasteiger partial charge in [-0.1, -0.05) is 15.9 Å². The fraction of sp³-hybridized carbons (Fsp3) is 1.00. The molecule has 1 aliphatic rings. The predicted octanol–water partition coefficient (Wildman–Crippen LogP) is 1.85. The Morgan fingerprint density at radius 2 is 2.20 bits per heavy atom. The molecular weight excluding hydrogens is 197 g/mol. The summed E-state index contributed by atoms with van der Waals surface area (Å²) in [6.07, 6.45) is 1.98. The van der Waals surface area contributed by atoms with E-state index >= 15 is 0 Å². The number of hydrogen-bond acceptors (Lipinski definition) is 1. The maximum atomic E-state index is 12.9. The van der Waals surface area contributed by atoms with Gasteiger partial charge in [-0.3, -0.25) is 0 Å². The van der Waals surface area contributed by atoms with Gasteiger partial charge in [0.2, 0.25) is 0 Å². The Morgan fingerprint density at radius 1 is 1.50 bits per heavy atom. The highest BCUT2D eigenvalue weighted by molar-refractivity contribution is 9.09. The van der Waals surface area contributed by atoms with E-state index in [2.05, 4.69) is 15.9 Å². The van der Waals surface area contributed by atoms with Crippen LogP contribution in [0.4, 0.5) is 4.39 Å². The van der Waals surface area contributed by atoms with Crippen molar-refractivity contribution in [3.8, 4) is 0 Å². The van der Waals surface area contributed by atoms with Gasteiger partial charge in [-0.05, 0) is 31.7 Å². The average molecular weight is 210 g/mol. The maximum Gasteiger partial charge on any atom is 0.113 e. The summed E-state index contributed by atoms with van der Waals surface area (Å²) in [7, 11) is 0. The van der Waals surface area contributed by atoms with Crippen molar-refractivity contribution in [1.82, 2.24) is 0 Å². The molecule has 0 bridgehead atoms. The molecule has 0 spiro atoms. The molecule has 3 heteroatoms. The molecule has 1 saturated carbocycles. The first-order chi connectivity index (χ1) is 4.74. The van der Waals surface area contributed by atoms with Gasteiger partial charge in [0, 0.05) is 4.83 Å². The van der Waals surface area contributed by atoms with E-state index in [4.69, 9.17) is 5.73 Å². The van der Waals surface area contributed by atoms with Crippen LogP contribution in [-0.4, -0.2) is 17.5 Å². The summed E-state index contributed by atoms with van der Waals surface area (Å²) in [5.74, 6) is 0.420. The van der Waals surface area contributed by atoms with E-state index in [9.17, 15) is 4.39 Å². The fourth-order valence-corrected chi connectivity index (χ4v) is 1.85. The van der Waals surface area contributed by atoms with E-state index in [1.54, 1.807) is 0 Å². The Morgan fingerprint density at radius 3 is 2.70 bits per heavy atom. The largest absolute Gasteiger partial charge is 0.330 e. The van der Waals surface area contributed by atoms with Crippen molar-refractivity contribution in [2.75, 3.05) is 6.54 Å². The van der Waals surface area contributed by atoms with E-state index in [0.29, 0.717) is 18.9 Å². The van der Waals surface area contributed by atoms with Gasteiger partial charge in [0.05, 0.1) is 0 Å². The number of rotatable bonds is 1. The molecule has 0 radical (unpaired) electrons. The van der Waals surface area contributed by atoms with Gasteiger partial charge in [-0.2, -0.15) is 0 Å². The molecule has 60 valence electrons. The lowest BCUT2D eigenvalue weighted by Gasteiger charge is -2.27. The van der Waals surface area contributed by atoms with Crippen molar-refractivity contribution >= 4 is 15.9 Å². The molecule has 0 aromatic carbocycles. The molecule has 1 fully saturated rings. The predicted molar refractivity (Wildman–Crippen MR) is 44.0 cm³/mol. The van der Waals surface area contributed by atoms with Crippen molar-refractivity contribution in [3.63, 3.8) is 0 Å². The highest BCUT2D eigenvalue weighted by Crippen LogP contribution is 2.30. The minimum atomic E-state index is -0.678. The molecule has 2 N–H and O–H groups in total. The van der Waals surface area contributed by atoms with Crippen LogP contribution < -0.4 is 5.73 Å². The fourth-order valence-electron chi connectivity index (χ4n) is 1.37. The second-order valence-electron chi connectivity index (χ2n) is 2.95. The number of hydrogen-bond donors (Lipinski definition) is 1. The lowest BCUT2D eigenvalue weighted by atomic mass is 9.88. The van der Waals surface area contributed by atoms with Gasteiger partial charge in [-0.15, -0.1) is 0 Å². The Kier molecular flexibility index (Phi) is 3.11. The summed E-state index contributed by atoms with van der Waals surface area (Å²) in [5, 5.41) is 0. The van der Waals surface area contributed by atoms with E-state index < -0.39 is 6.17 Å². The molecule has 3 atom stereocenters. The molecule has 0 heterocycles. The Balaban J connectivity index is 2.33. The summed E-state index contributed by atoms with van der Waals surface area (Å²) >= 11 is 3.29. The van der Waals surface area contributed by atoms with Crippen molar-refractivity contribution in [3.05, 3.63) is 0 Å². The van der Waals surface area contributed by atoms with Crippen LogP contribution in [0.25, 0.3) is 0 Å². The standard InChI is InChI=1S/C7H13BrFN/c8-6-2-1-5(4-10)3-7(6)9/h5-7H,1-4,10H2. The maximum absolute atomic E-state index is 12.9. The van der Waals surface area contributed by atoms with Gasteiger partial charge < -0.3 is 5.73 Å². The van der Waals surface area contributed by atoms with Crippen LogP contribution in [0.2, 0.25) is 0 Å². The normalized spacial score (nSPS) is 41.7. The van der Waals surface area contributed by atoms with Gasteiger partial charge in [0.15, 0.2) is 0 Å². The van der Waals surface area contributed by atoms with E-state index in [1.807, 2.05) is 0 Å². The lowest BCUT2D eigenvalue weighted by Crippen LogP contribution is -2.30. The third-order valence-corrected chi connectivity index (χ3v) is 3.17. The minimum absolute atomic E-state index is 0.0790. The Bertz CT molecular complexity index is 110. The summed E-state index contributed by atoms with van der Waals surface area (Å²) in [4.78, 5) is 0.0790. The summed E-state index contributed by atoms with van der Waals surface area (Å²) < 4.78 is 12.9. The SMILES string of the molecule is NCC1CCC(Br)C(F)C1. The van der Waals surface area contributed by atoms with E-state index in [-0.39, 0.29) is 4.83 Å². The molecular formula is C7H13BrFN. The summed E-state index contributed by atoms with van der Waals surface area (Å²) in [6.45, 7) is 0.639. The highest BCUT2D eigenvalue weighted by atomic mass is 79.9. The van der Waals surface area contributed by atoms with E-state index in [1.165, 1.54) is 0 Å². The first-order valence-corrected chi connectivity index (χ1v) is 4.63. The zero-order valence-corrected chi connectivity index (χ0v) is 7.48. The second kappa shape index (κ2) is 3.67. The number of halogens is 2. The quantitative estimate of drug-likeness (QED) is 0.656. The van der Waals surface area contributed by atoms with Crippen LogP contribution in [-0.2, 0) is 0 Å². The topological polar surface area (TPSA) is 26.0 Å². The van der Waals surface area contributed by atoms with E-state index in [0.717, 1.165) is 12.8 Å². The third-order valence-electron chi connectivity index (χ3n) is 2.13. The van der Waals surface area contributed by atoms with Crippen LogP contribution in [0.1, 0.15) is 19.3 Å². The Labute approximate surface area is 69.3 Å². The van der Waals surface area contributed by atoms with Crippen molar-refractivity contribution in [2.24, 2.45) is 11.7 Å². The first-order valence-electron chi connectivity index (χ1n) is 3.72. The molecule has 1 aliphatic carbocycles. The highest BCUT2D eigenvalue weighted by Gasteiger charge is 2.27. The molecule has 0 aliphatic heterocycles. The molecule has 0 aromatic heterocycles. The monoisotopic (exact) mass is 209 g/mol. The zero-order chi connectivity index (χ0) is 7.56. The molecule has 0 aromatic rings. The number of nitrogens with two attached hydrogens (primary N) is 1. The second-order valence-corrected chi connectivity index (χ2v) is 4.12. The first kappa shape index (κ1) is 8.47. The third kappa shape index (κ3) is 1.92. The van der Waals surface area contributed by atoms with Crippen LogP contribution in [0.15, 0.2) is 0 Å². The Hall–Kier alpha value is 0.370. The van der Waals surface area contributed by atoms with Gasteiger partial charge in [-0.25, -0.2) is 4.39 Å². The molecule has 10 heavy (non-hydrogen) atoms. The molecule has 0 amide bonds. The van der Waals surface area contributed by atoms with Crippen molar-refractivity contribution in [2.45, 2.75) is 30.3 Å². The molecule has 1 nitrogen and oxygen atoms in total. The van der Waals surface area contributed by atoms with Gasteiger partial charge in [0.1, 0.15) is 6.17 Å². The van der Waals surface area contributed by atoms with Crippen LogP contribution in [0.5, 0.6) is 0 Å². The summed E-state index contributed by atoms with van der Waals surface area (Å²) in [5.41, 5.74) is 5.43. The van der Waals surface area contributed by atoms with Gasteiger partial charge >= 0.3 is 0 Å². The van der Waals surface area contributed by atoms with Crippen molar-refractivity contribution < 1.29 is 4.39 Å². The van der Waals surface area contributed by atoms with Crippen LogP contribution in [0, 0.1) is 5.92 Å². The minimum Gasteiger partial charge on any atom is -0.330 e. The van der Waals surface area contributed by atoms with Gasteiger partial charge in [0.25, 0.3) is 0 Å². The van der Waals surface area contributed by atoms with Crippen molar-refractivity contribution in [1.29, 1.82) is 0 Å². The lowest BCUT2D eigenvalue weighted by molar-refractivity contribution is 0.212. The number of alkyl halides is 2. The van der Waals surface area contributed by atoms with Crippen LogP contribution in [0.3, 0.4) is 0 Å². The molecule has 1 rings (SSSR count). The van der Waals surface area contributed by atoms with Crippen LogP contribution >= 0.6 is 15.9 Å². The molecule has 3 unspecified atom stereocenters. The smallest absolute Gasteiger partial charge is 0.113 e.